The normalized spacial score (nSPS) is 14.4. The molecule has 2 nitrogen and oxygen atoms in total. The smallest absolute Gasteiger partial charge is 0.141 e. The molecule has 0 saturated carbocycles. The van der Waals surface area contributed by atoms with Gasteiger partial charge in [0.05, 0.1) is 11.9 Å². The predicted octanol–water partition coefficient (Wildman–Crippen LogP) is 3.13. The highest BCUT2D eigenvalue weighted by atomic mass is 35.5. The average molecular weight is 252 g/mol. The summed E-state index contributed by atoms with van der Waals surface area (Å²) in [5, 5.41) is 10.9. The minimum Gasteiger partial charge on any atom is -0.379 e. The Hall–Kier alpha value is -1.45. The van der Waals surface area contributed by atoms with Gasteiger partial charge in [0.2, 0.25) is 0 Å². The molecule has 2 rings (SSSR count). The molecule has 0 aliphatic carbocycles. The van der Waals surface area contributed by atoms with Crippen LogP contribution in [0.5, 0.6) is 0 Å². The Labute approximate surface area is 104 Å². The van der Waals surface area contributed by atoms with Gasteiger partial charge < -0.3 is 5.11 Å². The molecular weight excluding hydrogens is 241 g/mol. The molecule has 4 heteroatoms. The lowest BCUT2D eigenvalue weighted by Gasteiger charge is -2.24. The summed E-state index contributed by atoms with van der Waals surface area (Å²) in [4.78, 5) is 3.88. The maximum absolute atomic E-state index is 12.8. The van der Waals surface area contributed by atoms with Crippen LogP contribution < -0.4 is 0 Å². The summed E-state index contributed by atoms with van der Waals surface area (Å²) >= 11 is 6.03. The second kappa shape index (κ2) is 4.43. The Kier molecular flexibility index (Phi) is 3.13. The van der Waals surface area contributed by atoms with Crippen molar-refractivity contribution in [2.75, 3.05) is 0 Å². The highest BCUT2D eigenvalue weighted by molar-refractivity contribution is 6.31. The van der Waals surface area contributed by atoms with Crippen LogP contribution in [0.25, 0.3) is 0 Å². The zero-order valence-corrected chi connectivity index (χ0v) is 9.95. The van der Waals surface area contributed by atoms with Gasteiger partial charge in [0.15, 0.2) is 0 Å². The molecule has 1 aromatic carbocycles. The van der Waals surface area contributed by atoms with Crippen LogP contribution in [0.3, 0.4) is 0 Å². The molecule has 0 spiro atoms. The Morgan fingerprint density at radius 3 is 2.53 bits per heavy atom. The molecule has 88 valence electrons. The van der Waals surface area contributed by atoms with Gasteiger partial charge in [-0.2, -0.15) is 0 Å². The van der Waals surface area contributed by atoms with Gasteiger partial charge in [0.1, 0.15) is 11.4 Å². The molecule has 1 unspecified atom stereocenters. The van der Waals surface area contributed by atoms with E-state index in [0.717, 1.165) is 6.20 Å². The second-order valence-corrected chi connectivity index (χ2v) is 4.32. The molecule has 0 bridgehead atoms. The van der Waals surface area contributed by atoms with Crippen LogP contribution in [0.2, 0.25) is 5.02 Å². The summed E-state index contributed by atoms with van der Waals surface area (Å²) in [6.07, 6.45) is 1.07. The van der Waals surface area contributed by atoms with Crippen molar-refractivity contribution < 1.29 is 9.50 Å². The zero-order valence-electron chi connectivity index (χ0n) is 9.19. The molecule has 1 heterocycles. The van der Waals surface area contributed by atoms with Gasteiger partial charge in [-0.25, -0.2) is 4.39 Å². The highest BCUT2D eigenvalue weighted by Crippen LogP contribution is 2.32. The standard InChI is InChI=1S/C13H11ClFNO/c1-13(17,10-4-2-3-5-11(10)14)12-7-6-9(15)8-16-12/h2-8,17H,1H3. The summed E-state index contributed by atoms with van der Waals surface area (Å²) in [7, 11) is 0. The molecule has 0 aliphatic heterocycles. The molecule has 1 N–H and O–H groups in total. The lowest BCUT2D eigenvalue weighted by atomic mass is 9.92. The molecule has 2 aromatic rings. The van der Waals surface area contributed by atoms with E-state index in [4.69, 9.17) is 11.6 Å². The number of rotatable bonds is 2. The fourth-order valence-corrected chi connectivity index (χ4v) is 1.98. The van der Waals surface area contributed by atoms with Crippen molar-refractivity contribution in [3.05, 3.63) is 64.7 Å². The molecule has 1 atom stereocenters. The van der Waals surface area contributed by atoms with Crippen molar-refractivity contribution in [1.29, 1.82) is 0 Å². The topological polar surface area (TPSA) is 33.1 Å². The first-order valence-corrected chi connectivity index (χ1v) is 5.49. The highest BCUT2D eigenvalue weighted by Gasteiger charge is 2.29. The number of aliphatic hydroxyl groups is 1. The minimum atomic E-state index is -1.34. The van der Waals surface area contributed by atoms with Gasteiger partial charge in [0, 0.05) is 10.6 Å². The number of benzene rings is 1. The lowest BCUT2D eigenvalue weighted by Crippen LogP contribution is -2.24. The number of hydrogen-bond acceptors (Lipinski definition) is 2. The van der Waals surface area contributed by atoms with E-state index in [9.17, 15) is 9.50 Å². The summed E-state index contributed by atoms with van der Waals surface area (Å²) < 4.78 is 12.8. The van der Waals surface area contributed by atoms with Crippen LogP contribution in [-0.4, -0.2) is 10.1 Å². The van der Waals surface area contributed by atoms with Crippen molar-refractivity contribution in [3.8, 4) is 0 Å². The van der Waals surface area contributed by atoms with Crippen LogP contribution >= 0.6 is 11.6 Å². The quantitative estimate of drug-likeness (QED) is 0.890. The Balaban J connectivity index is 2.49. The monoisotopic (exact) mass is 251 g/mol. The lowest BCUT2D eigenvalue weighted by molar-refractivity contribution is 0.0974. The van der Waals surface area contributed by atoms with Gasteiger partial charge in [-0.05, 0) is 25.1 Å². The Bertz CT molecular complexity index is 525. The zero-order chi connectivity index (χ0) is 12.5. The summed E-state index contributed by atoms with van der Waals surface area (Å²) in [5.74, 6) is -0.441. The molecule has 0 aliphatic rings. The number of halogens is 2. The Morgan fingerprint density at radius 2 is 1.94 bits per heavy atom. The fourth-order valence-electron chi connectivity index (χ4n) is 1.66. The van der Waals surface area contributed by atoms with Crippen molar-refractivity contribution in [3.63, 3.8) is 0 Å². The van der Waals surface area contributed by atoms with Gasteiger partial charge in [-0.15, -0.1) is 0 Å². The third kappa shape index (κ3) is 2.30. The van der Waals surface area contributed by atoms with E-state index in [1.165, 1.54) is 12.1 Å². The van der Waals surface area contributed by atoms with E-state index < -0.39 is 11.4 Å². The van der Waals surface area contributed by atoms with E-state index in [-0.39, 0.29) is 0 Å². The van der Waals surface area contributed by atoms with E-state index in [1.807, 2.05) is 0 Å². The van der Waals surface area contributed by atoms with E-state index >= 15 is 0 Å². The number of pyridine rings is 1. The molecule has 1 aromatic heterocycles. The van der Waals surface area contributed by atoms with Crippen LogP contribution in [0.1, 0.15) is 18.2 Å². The van der Waals surface area contributed by atoms with E-state index in [1.54, 1.807) is 31.2 Å². The summed E-state index contributed by atoms with van der Waals surface area (Å²) in [5.41, 5.74) is -0.445. The number of aromatic nitrogens is 1. The van der Waals surface area contributed by atoms with Gasteiger partial charge in [-0.3, -0.25) is 4.98 Å². The largest absolute Gasteiger partial charge is 0.379 e. The molecule has 0 amide bonds. The third-order valence-electron chi connectivity index (χ3n) is 2.62. The van der Waals surface area contributed by atoms with Crippen LogP contribution in [0.4, 0.5) is 4.39 Å². The van der Waals surface area contributed by atoms with Crippen molar-refractivity contribution in [2.24, 2.45) is 0 Å². The predicted molar refractivity (Wildman–Crippen MR) is 64.3 cm³/mol. The van der Waals surface area contributed by atoms with Gasteiger partial charge in [-0.1, -0.05) is 29.8 Å². The van der Waals surface area contributed by atoms with E-state index in [0.29, 0.717) is 16.3 Å². The first-order chi connectivity index (χ1) is 8.01. The van der Waals surface area contributed by atoms with Gasteiger partial charge in [0.25, 0.3) is 0 Å². The first-order valence-electron chi connectivity index (χ1n) is 5.11. The van der Waals surface area contributed by atoms with Gasteiger partial charge >= 0.3 is 0 Å². The Morgan fingerprint density at radius 1 is 1.24 bits per heavy atom. The van der Waals surface area contributed by atoms with Crippen LogP contribution in [-0.2, 0) is 5.60 Å². The van der Waals surface area contributed by atoms with Crippen LogP contribution in [0, 0.1) is 5.82 Å². The fraction of sp³-hybridized carbons (Fsp3) is 0.154. The maximum Gasteiger partial charge on any atom is 0.141 e. The van der Waals surface area contributed by atoms with Crippen molar-refractivity contribution in [1.82, 2.24) is 4.98 Å². The molecular formula is C13H11ClFNO. The molecule has 17 heavy (non-hydrogen) atoms. The summed E-state index contributed by atoms with van der Waals surface area (Å²) in [6, 6.07) is 9.66. The molecule has 0 radical (unpaired) electrons. The summed E-state index contributed by atoms with van der Waals surface area (Å²) in [6.45, 7) is 1.58. The minimum absolute atomic E-state index is 0.354. The van der Waals surface area contributed by atoms with Crippen LogP contribution in [0.15, 0.2) is 42.6 Å². The van der Waals surface area contributed by atoms with E-state index in [2.05, 4.69) is 4.98 Å². The molecule has 0 saturated heterocycles. The third-order valence-corrected chi connectivity index (χ3v) is 2.95. The van der Waals surface area contributed by atoms with Crippen molar-refractivity contribution >= 4 is 11.6 Å². The number of nitrogens with zero attached hydrogens (tertiary/aromatic N) is 1. The average Bonchev–Trinajstić information content (AvgIpc) is 2.30. The number of hydrogen-bond donors (Lipinski definition) is 1. The molecule has 0 fully saturated rings. The SMILES string of the molecule is CC(O)(c1ccc(F)cn1)c1ccccc1Cl. The second-order valence-electron chi connectivity index (χ2n) is 3.91. The van der Waals surface area contributed by atoms with Crippen molar-refractivity contribution in [2.45, 2.75) is 12.5 Å². The first kappa shape index (κ1) is 12.0. The maximum atomic E-state index is 12.8.